The number of carbonyl (C=O) groups excluding carboxylic acids is 1. The van der Waals surface area contributed by atoms with Crippen molar-refractivity contribution >= 4 is 11.6 Å². The van der Waals surface area contributed by atoms with Crippen LogP contribution in [0.5, 0.6) is 0 Å². The van der Waals surface area contributed by atoms with Gasteiger partial charge in [-0.25, -0.2) is 4.39 Å². The van der Waals surface area contributed by atoms with Crippen LogP contribution in [0.15, 0.2) is 53.1 Å². The zero-order valence-electron chi connectivity index (χ0n) is 17.1. The fourth-order valence-corrected chi connectivity index (χ4v) is 2.85. The molecule has 3 aromatic rings. The van der Waals surface area contributed by atoms with Gasteiger partial charge < -0.3 is 14.6 Å². The van der Waals surface area contributed by atoms with Gasteiger partial charge in [0.1, 0.15) is 0 Å². The lowest BCUT2D eigenvalue weighted by Crippen LogP contribution is -2.49. The van der Waals surface area contributed by atoms with Crippen LogP contribution in [0.3, 0.4) is 0 Å². The molecule has 1 aromatic carbocycles. The molecule has 0 fully saturated rings. The number of benzene rings is 1. The van der Waals surface area contributed by atoms with Gasteiger partial charge in [-0.3, -0.25) is 9.78 Å². The van der Waals surface area contributed by atoms with E-state index in [2.05, 4.69) is 20.5 Å². The van der Waals surface area contributed by atoms with Crippen molar-refractivity contribution in [2.24, 2.45) is 0 Å². The van der Waals surface area contributed by atoms with E-state index in [0.717, 1.165) is 0 Å². The van der Waals surface area contributed by atoms with Gasteiger partial charge in [-0.1, -0.05) is 25.1 Å². The average Bonchev–Trinajstić information content (AvgIpc) is 3.27. The highest BCUT2D eigenvalue weighted by Gasteiger charge is 2.37. The number of aromatic nitrogens is 3. The average molecular weight is 433 g/mol. The number of alkyl halides is 3. The van der Waals surface area contributed by atoms with E-state index in [9.17, 15) is 13.6 Å². The van der Waals surface area contributed by atoms with Crippen molar-refractivity contribution in [2.75, 3.05) is 18.0 Å². The summed E-state index contributed by atoms with van der Waals surface area (Å²) >= 11 is 0. The maximum Gasteiger partial charge on any atom is 0.314 e. The van der Waals surface area contributed by atoms with Crippen LogP contribution in [0.25, 0.3) is 11.5 Å². The SMILES string of the molecule is CCNCC(C)(F)C(=O)N(Cc1ccc(-c2nnc(C(F)F)o2)cn1)c1ccccc1. The molecule has 0 bridgehead atoms. The maximum absolute atomic E-state index is 15.1. The molecular formula is C21H22F3N5O2. The van der Waals surface area contributed by atoms with Crippen molar-refractivity contribution < 1.29 is 22.4 Å². The summed E-state index contributed by atoms with van der Waals surface area (Å²) in [4.78, 5) is 18.6. The molecule has 1 atom stereocenters. The second kappa shape index (κ2) is 9.69. The Morgan fingerprint density at radius 2 is 1.94 bits per heavy atom. The molecule has 0 saturated carbocycles. The van der Waals surface area contributed by atoms with Crippen LogP contribution in [-0.4, -0.2) is 39.8 Å². The predicted molar refractivity (Wildman–Crippen MR) is 108 cm³/mol. The van der Waals surface area contributed by atoms with E-state index in [0.29, 0.717) is 23.5 Å². The lowest BCUT2D eigenvalue weighted by atomic mass is 10.1. The second-order valence-electron chi connectivity index (χ2n) is 6.99. The van der Waals surface area contributed by atoms with Gasteiger partial charge in [0.25, 0.3) is 11.8 Å². The summed E-state index contributed by atoms with van der Waals surface area (Å²) in [6.07, 6.45) is -1.49. The number of anilines is 1. The summed E-state index contributed by atoms with van der Waals surface area (Å²) in [5.74, 6) is -1.57. The van der Waals surface area contributed by atoms with Gasteiger partial charge in [-0.2, -0.15) is 8.78 Å². The van der Waals surface area contributed by atoms with Gasteiger partial charge in [0.05, 0.1) is 17.8 Å². The highest BCUT2D eigenvalue weighted by molar-refractivity contribution is 5.99. The minimum Gasteiger partial charge on any atom is -0.415 e. The van der Waals surface area contributed by atoms with E-state index in [-0.39, 0.29) is 19.0 Å². The van der Waals surface area contributed by atoms with Crippen LogP contribution in [-0.2, 0) is 11.3 Å². The Morgan fingerprint density at radius 1 is 1.19 bits per heavy atom. The molecule has 0 aliphatic carbocycles. The van der Waals surface area contributed by atoms with Crippen molar-refractivity contribution in [3.63, 3.8) is 0 Å². The van der Waals surface area contributed by atoms with Crippen LogP contribution in [0.4, 0.5) is 18.9 Å². The number of amides is 1. The molecule has 1 amide bonds. The quantitative estimate of drug-likeness (QED) is 0.550. The first-order valence-electron chi connectivity index (χ1n) is 9.65. The number of halogens is 3. The normalized spacial score (nSPS) is 13.2. The van der Waals surface area contributed by atoms with Crippen molar-refractivity contribution in [3.05, 3.63) is 60.2 Å². The van der Waals surface area contributed by atoms with E-state index in [1.807, 2.05) is 6.92 Å². The first kappa shape index (κ1) is 22.4. The number of hydrogen-bond donors (Lipinski definition) is 1. The zero-order valence-corrected chi connectivity index (χ0v) is 17.1. The molecule has 7 nitrogen and oxygen atoms in total. The summed E-state index contributed by atoms with van der Waals surface area (Å²) in [7, 11) is 0. The Balaban J connectivity index is 1.83. The smallest absolute Gasteiger partial charge is 0.314 e. The fraction of sp³-hybridized carbons (Fsp3) is 0.333. The van der Waals surface area contributed by atoms with Crippen molar-refractivity contribution in [1.82, 2.24) is 20.5 Å². The fourth-order valence-electron chi connectivity index (χ4n) is 2.85. The molecule has 1 N–H and O–H groups in total. The minimum atomic E-state index is -2.86. The number of nitrogens with one attached hydrogen (secondary N) is 1. The van der Waals surface area contributed by atoms with Crippen LogP contribution >= 0.6 is 0 Å². The van der Waals surface area contributed by atoms with E-state index in [1.165, 1.54) is 18.0 Å². The van der Waals surface area contributed by atoms with Crippen molar-refractivity contribution in [3.8, 4) is 11.5 Å². The second-order valence-corrected chi connectivity index (χ2v) is 6.99. The number of rotatable bonds is 9. The maximum atomic E-state index is 15.1. The summed E-state index contributed by atoms with van der Waals surface area (Å²) in [5, 5.41) is 9.72. The van der Waals surface area contributed by atoms with E-state index in [4.69, 9.17) is 4.42 Å². The summed E-state index contributed by atoms with van der Waals surface area (Å²) in [6.45, 7) is 3.49. The topological polar surface area (TPSA) is 84.2 Å². The zero-order chi connectivity index (χ0) is 22.4. The standard InChI is InChI=1S/C21H22F3N5O2/c1-3-25-13-21(2,24)20(30)29(16-7-5-4-6-8-16)12-15-10-9-14(11-26-15)18-27-28-19(31-18)17(22)23/h4-11,17,25H,3,12-13H2,1-2H3. The third-order valence-electron chi connectivity index (χ3n) is 4.49. The Bertz CT molecular complexity index is 994. The van der Waals surface area contributed by atoms with Crippen molar-refractivity contribution in [2.45, 2.75) is 32.5 Å². The molecule has 0 aliphatic heterocycles. The number of carbonyl (C=O) groups is 1. The molecule has 0 saturated heterocycles. The van der Waals surface area contributed by atoms with Gasteiger partial charge in [-0.05, 0) is 37.7 Å². The van der Waals surface area contributed by atoms with Gasteiger partial charge in [0.2, 0.25) is 5.89 Å². The molecule has 1 unspecified atom stereocenters. The number of pyridine rings is 1. The summed E-state index contributed by atoms with van der Waals surface area (Å²) < 4.78 is 45.3. The highest BCUT2D eigenvalue weighted by atomic mass is 19.3. The lowest BCUT2D eigenvalue weighted by Gasteiger charge is -2.29. The first-order chi connectivity index (χ1) is 14.8. The Morgan fingerprint density at radius 3 is 2.52 bits per heavy atom. The van der Waals surface area contributed by atoms with E-state index in [1.54, 1.807) is 42.5 Å². The minimum absolute atomic E-state index is 0.0148. The molecule has 31 heavy (non-hydrogen) atoms. The molecular weight excluding hydrogens is 411 g/mol. The van der Waals surface area contributed by atoms with Crippen molar-refractivity contribution in [1.29, 1.82) is 0 Å². The number of hydrogen-bond acceptors (Lipinski definition) is 6. The predicted octanol–water partition coefficient (Wildman–Crippen LogP) is 3.94. The largest absolute Gasteiger partial charge is 0.415 e. The number of nitrogens with zero attached hydrogens (tertiary/aromatic N) is 4. The van der Waals surface area contributed by atoms with Crippen LogP contribution < -0.4 is 10.2 Å². The molecule has 0 spiro atoms. The molecule has 0 radical (unpaired) electrons. The van der Waals surface area contributed by atoms with Crippen LogP contribution in [0.1, 0.15) is 31.9 Å². The molecule has 10 heteroatoms. The van der Waals surface area contributed by atoms with Gasteiger partial charge in [-0.15, -0.1) is 10.2 Å². The summed E-state index contributed by atoms with van der Waals surface area (Å²) in [6, 6.07) is 11.9. The van der Waals surface area contributed by atoms with Crippen LogP contribution in [0, 0.1) is 0 Å². The molecule has 2 heterocycles. The van der Waals surface area contributed by atoms with E-state index >= 15 is 4.39 Å². The van der Waals surface area contributed by atoms with Gasteiger partial charge in [0, 0.05) is 18.4 Å². The van der Waals surface area contributed by atoms with Gasteiger partial charge >= 0.3 is 6.43 Å². The monoisotopic (exact) mass is 433 g/mol. The highest BCUT2D eigenvalue weighted by Crippen LogP contribution is 2.25. The third-order valence-corrected chi connectivity index (χ3v) is 4.49. The number of para-hydroxylation sites is 1. The van der Waals surface area contributed by atoms with Crippen LogP contribution in [0.2, 0.25) is 0 Å². The molecule has 3 rings (SSSR count). The summed E-state index contributed by atoms with van der Waals surface area (Å²) in [5.41, 5.74) is -0.782. The third kappa shape index (κ3) is 5.46. The first-order valence-corrected chi connectivity index (χ1v) is 9.65. The molecule has 164 valence electrons. The Hall–Kier alpha value is -3.27. The van der Waals surface area contributed by atoms with Gasteiger partial charge in [0.15, 0.2) is 5.67 Å². The Kier molecular flexibility index (Phi) is 7.01. The van der Waals surface area contributed by atoms with E-state index < -0.39 is 23.9 Å². The Labute approximate surface area is 177 Å². The molecule has 2 aromatic heterocycles. The molecule has 0 aliphatic rings. The lowest BCUT2D eigenvalue weighted by molar-refractivity contribution is -0.129.